The molecule has 3 N–H and O–H groups in total. The van der Waals surface area contributed by atoms with E-state index in [4.69, 9.17) is 17.3 Å². The molecule has 1 saturated carbocycles. The Morgan fingerprint density at radius 3 is 2.67 bits per heavy atom. The maximum atomic E-state index is 12.1. The van der Waals surface area contributed by atoms with Crippen LogP contribution < -0.4 is 15.8 Å². The van der Waals surface area contributed by atoms with E-state index in [9.17, 15) is 13.6 Å². The van der Waals surface area contributed by atoms with E-state index in [1.54, 1.807) is 0 Å². The number of benzene rings is 1. The summed E-state index contributed by atoms with van der Waals surface area (Å²) < 4.78 is 28.4. The monoisotopic (exact) mass is 340 g/mol. The number of anilines is 1. The second kappa shape index (κ2) is 7.77. The fourth-order valence-corrected chi connectivity index (χ4v) is 2.49. The molecule has 8 heteroatoms. The number of carbonyl (C=O) groups is 1. The third-order valence-electron chi connectivity index (χ3n) is 3.26. The average molecular weight is 341 g/mol. The van der Waals surface area contributed by atoms with Crippen molar-refractivity contribution in [2.45, 2.75) is 31.9 Å². The Bertz CT molecular complexity index is 503. The van der Waals surface area contributed by atoms with Crippen LogP contribution in [0, 0.1) is 5.92 Å². The minimum Gasteiger partial charge on any atom is -0.433 e. The van der Waals surface area contributed by atoms with Crippen LogP contribution in [0.25, 0.3) is 0 Å². The number of hydrogen-bond donors (Lipinski definition) is 2. The lowest BCUT2D eigenvalue weighted by Crippen LogP contribution is -2.23. The molecule has 0 saturated heterocycles. The number of hydrogen-bond acceptors (Lipinski definition) is 3. The third kappa shape index (κ3) is 4.98. The van der Waals surface area contributed by atoms with E-state index in [-0.39, 0.29) is 41.0 Å². The molecule has 2 atom stereocenters. The van der Waals surface area contributed by atoms with Crippen LogP contribution in [0.15, 0.2) is 18.2 Å². The molecule has 0 heterocycles. The molecule has 1 fully saturated rings. The van der Waals surface area contributed by atoms with Gasteiger partial charge >= 0.3 is 6.61 Å². The molecule has 0 radical (unpaired) electrons. The highest BCUT2D eigenvalue weighted by molar-refractivity contribution is 6.32. The molecule has 1 amide bonds. The van der Waals surface area contributed by atoms with Gasteiger partial charge in [0.15, 0.2) is 0 Å². The van der Waals surface area contributed by atoms with Gasteiger partial charge in [0.25, 0.3) is 0 Å². The van der Waals surface area contributed by atoms with Crippen molar-refractivity contribution in [3.63, 3.8) is 0 Å². The van der Waals surface area contributed by atoms with E-state index in [1.165, 1.54) is 18.2 Å². The summed E-state index contributed by atoms with van der Waals surface area (Å²) >= 11 is 5.81. The van der Waals surface area contributed by atoms with Gasteiger partial charge < -0.3 is 15.8 Å². The number of amides is 1. The fourth-order valence-electron chi connectivity index (χ4n) is 2.27. The molecule has 118 valence electrons. The Morgan fingerprint density at radius 1 is 1.43 bits per heavy atom. The minimum atomic E-state index is -2.94. The van der Waals surface area contributed by atoms with Gasteiger partial charge in [0.05, 0.1) is 5.02 Å². The van der Waals surface area contributed by atoms with Crippen molar-refractivity contribution in [2.24, 2.45) is 11.7 Å². The Kier molecular flexibility index (Phi) is 6.64. The minimum absolute atomic E-state index is 0. The molecule has 0 aliphatic heterocycles. The molecular formula is C13H16Cl2F2N2O2. The summed E-state index contributed by atoms with van der Waals surface area (Å²) in [7, 11) is 0. The summed E-state index contributed by atoms with van der Waals surface area (Å²) in [5.74, 6) is -0.361. The fraction of sp³-hybridized carbons (Fsp3) is 0.462. The maximum absolute atomic E-state index is 12.1. The molecule has 4 nitrogen and oxygen atoms in total. The molecule has 0 spiro atoms. The number of rotatable bonds is 4. The summed E-state index contributed by atoms with van der Waals surface area (Å²) in [6, 6.07) is 4.21. The quantitative estimate of drug-likeness (QED) is 0.882. The third-order valence-corrected chi connectivity index (χ3v) is 3.55. The SMILES string of the molecule is Cl.NC1CCC(C(=O)Nc2ccc(OC(F)F)c(Cl)c2)C1. The normalized spacial score (nSPS) is 21.0. The number of halogens is 4. The zero-order valence-electron chi connectivity index (χ0n) is 11.0. The second-order valence-electron chi connectivity index (χ2n) is 4.78. The highest BCUT2D eigenvalue weighted by Crippen LogP contribution is 2.30. The van der Waals surface area contributed by atoms with Crippen molar-refractivity contribution in [1.29, 1.82) is 0 Å². The van der Waals surface area contributed by atoms with E-state index in [2.05, 4.69) is 10.1 Å². The van der Waals surface area contributed by atoms with Crippen LogP contribution in [0.2, 0.25) is 5.02 Å². The highest BCUT2D eigenvalue weighted by Gasteiger charge is 2.27. The molecule has 2 unspecified atom stereocenters. The van der Waals surface area contributed by atoms with Gasteiger partial charge in [-0.15, -0.1) is 12.4 Å². The topological polar surface area (TPSA) is 64.4 Å². The molecule has 1 aromatic carbocycles. The van der Waals surface area contributed by atoms with Crippen LogP contribution >= 0.6 is 24.0 Å². The summed E-state index contributed by atoms with van der Waals surface area (Å²) in [6.45, 7) is -2.94. The van der Waals surface area contributed by atoms with Gasteiger partial charge in [0, 0.05) is 17.6 Å². The Labute approximate surface area is 132 Å². The molecule has 1 aliphatic rings. The Hall–Kier alpha value is -1.11. The first kappa shape index (κ1) is 17.9. The number of ether oxygens (including phenoxy) is 1. The Morgan fingerprint density at radius 2 is 2.14 bits per heavy atom. The van der Waals surface area contributed by atoms with Gasteiger partial charge in [0.2, 0.25) is 5.91 Å². The van der Waals surface area contributed by atoms with Crippen molar-refractivity contribution >= 4 is 35.6 Å². The van der Waals surface area contributed by atoms with Gasteiger partial charge in [-0.3, -0.25) is 4.79 Å². The molecule has 0 bridgehead atoms. The summed E-state index contributed by atoms with van der Waals surface area (Å²) in [5, 5.41) is 2.72. The Balaban J connectivity index is 0.00000220. The summed E-state index contributed by atoms with van der Waals surface area (Å²) in [6.07, 6.45) is 2.25. The zero-order valence-corrected chi connectivity index (χ0v) is 12.6. The van der Waals surface area contributed by atoms with Crippen molar-refractivity contribution in [2.75, 3.05) is 5.32 Å². The maximum Gasteiger partial charge on any atom is 0.387 e. The molecule has 1 aromatic rings. The van der Waals surface area contributed by atoms with E-state index in [0.717, 1.165) is 12.8 Å². The molecule has 2 rings (SSSR count). The summed E-state index contributed by atoms with van der Waals surface area (Å²) in [5.41, 5.74) is 6.20. The lowest BCUT2D eigenvalue weighted by molar-refractivity contribution is -0.119. The van der Waals surface area contributed by atoms with Crippen molar-refractivity contribution in [3.8, 4) is 5.75 Å². The van der Waals surface area contributed by atoms with Crippen molar-refractivity contribution in [1.82, 2.24) is 0 Å². The molecule has 0 aromatic heterocycles. The van der Waals surface area contributed by atoms with Gasteiger partial charge in [0.1, 0.15) is 5.75 Å². The first-order valence-corrected chi connectivity index (χ1v) is 6.64. The average Bonchev–Trinajstić information content (AvgIpc) is 2.79. The smallest absolute Gasteiger partial charge is 0.387 e. The largest absolute Gasteiger partial charge is 0.433 e. The van der Waals surface area contributed by atoms with E-state index < -0.39 is 6.61 Å². The van der Waals surface area contributed by atoms with Gasteiger partial charge in [-0.2, -0.15) is 8.78 Å². The first-order chi connectivity index (χ1) is 9.45. The first-order valence-electron chi connectivity index (χ1n) is 6.26. The van der Waals surface area contributed by atoms with E-state index in [1.807, 2.05) is 0 Å². The van der Waals surface area contributed by atoms with Gasteiger partial charge in [-0.25, -0.2) is 0 Å². The summed E-state index contributed by atoms with van der Waals surface area (Å²) in [4.78, 5) is 12.0. The lowest BCUT2D eigenvalue weighted by atomic mass is 10.1. The number of nitrogens with two attached hydrogens (primary N) is 1. The predicted molar refractivity (Wildman–Crippen MR) is 79.3 cm³/mol. The second-order valence-corrected chi connectivity index (χ2v) is 5.19. The van der Waals surface area contributed by atoms with Crippen LogP contribution in [-0.2, 0) is 4.79 Å². The number of carbonyl (C=O) groups excluding carboxylic acids is 1. The standard InChI is InChI=1S/C13H15ClF2N2O2.ClH/c14-10-6-9(3-4-11(10)20-13(15)16)18-12(19)7-1-2-8(17)5-7;/h3-4,6-8,13H,1-2,5,17H2,(H,18,19);1H. The highest BCUT2D eigenvalue weighted by atomic mass is 35.5. The molecular weight excluding hydrogens is 325 g/mol. The van der Waals surface area contributed by atoms with Crippen LogP contribution in [0.5, 0.6) is 5.75 Å². The lowest BCUT2D eigenvalue weighted by Gasteiger charge is -2.12. The molecule has 21 heavy (non-hydrogen) atoms. The van der Waals surface area contributed by atoms with Crippen molar-refractivity contribution < 1.29 is 18.3 Å². The van der Waals surface area contributed by atoms with E-state index >= 15 is 0 Å². The zero-order chi connectivity index (χ0) is 14.7. The van der Waals surface area contributed by atoms with Gasteiger partial charge in [-0.1, -0.05) is 11.6 Å². The molecule has 1 aliphatic carbocycles. The van der Waals surface area contributed by atoms with Crippen LogP contribution in [-0.4, -0.2) is 18.6 Å². The van der Waals surface area contributed by atoms with Crippen LogP contribution in [0.4, 0.5) is 14.5 Å². The number of alkyl halides is 2. The van der Waals surface area contributed by atoms with Crippen LogP contribution in [0.1, 0.15) is 19.3 Å². The predicted octanol–water partition coefficient (Wildman–Crippen LogP) is 3.43. The van der Waals surface area contributed by atoms with E-state index in [0.29, 0.717) is 12.1 Å². The van der Waals surface area contributed by atoms with Crippen LogP contribution in [0.3, 0.4) is 0 Å². The van der Waals surface area contributed by atoms with Gasteiger partial charge in [-0.05, 0) is 37.5 Å². The number of nitrogens with one attached hydrogen (secondary N) is 1. The van der Waals surface area contributed by atoms with Crippen molar-refractivity contribution in [3.05, 3.63) is 23.2 Å².